The van der Waals surface area contributed by atoms with E-state index in [0.717, 1.165) is 5.56 Å². The van der Waals surface area contributed by atoms with E-state index in [4.69, 9.17) is 0 Å². The fraction of sp³-hybridized carbons (Fsp3) is 0.450. The number of hydrogen-bond donors (Lipinski definition) is 3. The summed E-state index contributed by atoms with van der Waals surface area (Å²) in [6.07, 6.45) is 5.09. The Kier molecular flexibility index (Phi) is 4.02. The Balaban J connectivity index is 1.45. The second kappa shape index (κ2) is 6.65. The van der Waals surface area contributed by atoms with Gasteiger partial charge in [-0.15, -0.1) is 5.10 Å². The van der Waals surface area contributed by atoms with Gasteiger partial charge in [-0.3, -0.25) is 9.48 Å². The van der Waals surface area contributed by atoms with Crippen molar-refractivity contribution in [2.24, 2.45) is 18.4 Å². The predicted octanol–water partition coefficient (Wildman–Crippen LogP) is -0.279. The Morgan fingerprint density at radius 3 is 2.76 bits per heavy atom. The molecule has 33 heavy (non-hydrogen) atoms. The number of aromatic nitrogens is 9. The van der Waals surface area contributed by atoms with Crippen molar-refractivity contribution in [3.05, 3.63) is 24.9 Å². The van der Waals surface area contributed by atoms with Crippen LogP contribution in [0.3, 0.4) is 0 Å². The molecule has 170 valence electrons. The van der Waals surface area contributed by atoms with Crippen molar-refractivity contribution < 1.29 is 15.0 Å². The summed E-state index contributed by atoms with van der Waals surface area (Å²) < 4.78 is 4.86. The summed E-state index contributed by atoms with van der Waals surface area (Å²) in [6.45, 7) is 1.47. The van der Waals surface area contributed by atoms with Crippen LogP contribution < -0.4 is 5.32 Å². The first kappa shape index (κ1) is 19.9. The molecule has 2 fully saturated rings. The molecule has 6 rings (SSSR count). The van der Waals surface area contributed by atoms with E-state index in [1.165, 1.54) is 11.6 Å². The quantitative estimate of drug-likeness (QED) is 0.369. The minimum atomic E-state index is -1.12. The third-order valence-electron chi connectivity index (χ3n) is 6.99. The van der Waals surface area contributed by atoms with E-state index in [1.54, 1.807) is 35.0 Å². The maximum atomic E-state index is 12.2. The summed E-state index contributed by atoms with van der Waals surface area (Å²) in [5.74, 6) is 0.451. The number of aliphatic hydroxyl groups excluding tert-OH is 2. The lowest BCUT2D eigenvalue weighted by Gasteiger charge is -2.23. The number of hydrogen-bond acceptors (Lipinski definition) is 10. The van der Waals surface area contributed by atoms with E-state index in [9.17, 15) is 15.0 Å². The molecule has 4 aromatic heterocycles. The van der Waals surface area contributed by atoms with E-state index in [1.807, 2.05) is 13.2 Å². The maximum absolute atomic E-state index is 12.2. The normalized spacial score (nSPS) is 28.3. The van der Waals surface area contributed by atoms with Crippen molar-refractivity contribution in [2.45, 2.75) is 31.6 Å². The molecule has 3 N–H and O–H groups in total. The highest BCUT2D eigenvalue weighted by molar-refractivity contribution is 5.88. The molecule has 0 aromatic carbocycles. The Morgan fingerprint density at radius 1 is 1.27 bits per heavy atom. The minimum Gasteiger partial charge on any atom is -0.389 e. The van der Waals surface area contributed by atoms with Crippen LogP contribution in [0.15, 0.2) is 24.9 Å². The molecule has 2 aliphatic rings. The zero-order chi connectivity index (χ0) is 23.1. The SMILES string of the molecule is CNc1nc(-n2cc(-c3cnn(C)c3)nn2)nc2c1ncn2[C@@H]1C2C[C@]2(C(C)=O)C(O)[C@H]1O. The molecule has 4 heterocycles. The van der Waals surface area contributed by atoms with Crippen LogP contribution in [0.1, 0.15) is 19.4 Å². The fourth-order valence-corrected chi connectivity index (χ4v) is 5.22. The van der Waals surface area contributed by atoms with Gasteiger partial charge in [0.05, 0.1) is 36.3 Å². The van der Waals surface area contributed by atoms with Crippen LogP contribution >= 0.6 is 0 Å². The Labute approximate surface area is 187 Å². The molecular weight excluding hydrogens is 428 g/mol. The van der Waals surface area contributed by atoms with E-state index in [-0.39, 0.29) is 17.6 Å². The molecule has 13 heteroatoms. The van der Waals surface area contributed by atoms with Crippen molar-refractivity contribution in [3.8, 4) is 17.2 Å². The first-order chi connectivity index (χ1) is 15.8. The van der Waals surface area contributed by atoms with Gasteiger partial charge in [0.1, 0.15) is 17.6 Å². The zero-order valence-corrected chi connectivity index (χ0v) is 18.2. The maximum Gasteiger partial charge on any atom is 0.256 e. The number of fused-ring (bicyclic) bond motifs is 2. The number of imidazole rings is 1. The Morgan fingerprint density at radius 2 is 2.09 bits per heavy atom. The average molecular weight is 450 g/mol. The number of anilines is 1. The second-order valence-corrected chi connectivity index (χ2v) is 8.73. The zero-order valence-electron chi connectivity index (χ0n) is 18.2. The molecule has 0 bridgehead atoms. The highest BCUT2D eigenvalue weighted by atomic mass is 16.3. The van der Waals surface area contributed by atoms with Crippen molar-refractivity contribution in [1.29, 1.82) is 0 Å². The number of aliphatic hydroxyl groups is 2. The van der Waals surface area contributed by atoms with Crippen molar-refractivity contribution in [2.75, 3.05) is 12.4 Å². The summed E-state index contributed by atoms with van der Waals surface area (Å²) in [6, 6.07) is -0.525. The molecule has 5 atom stereocenters. The van der Waals surface area contributed by atoms with Gasteiger partial charge >= 0.3 is 0 Å². The van der Waals surface area contributed by atoms with Crippen LogP contribution in [0.2, 0.25) is 0 Å². The van der Waals surface area contributed by atoms with Crippen molar-refractivity contribution in [3.63, 3.8) is 0 Å². The largest absolute Gasteiger partial charge is 0.389 e. The van der Waals surface area contributed by atoms with Gasteiger partial charge < -0.3 is 20.1 Å². The summed E-state index contributed by atoms with van der Waals surface area (Å²) in [5.41, 5.74) is 1.50. The molecule has 0 saturated heterocycles. The molecule has 13 nitrogen and oxygen atoms in total. The van der Waals surface area contributed by atoms with Crippen molar-refractivity contribution in [1.82, 2.24) is 44.3 Å². The topological polar surface area (TPSA) is 162 Å². The summed E-state index contributed by atoms with van der Waals surface area (Å²) in [4.78, 5) is 25.9. The third kappa shape index (κ3) is 2.63. The lowest BCUT2D eigenvalue weighted by atomic mass is 9.95. The molecule has 0 aliphatic heterocycles. The average Bonchev–Trinajstić information content (AvgIpc) is 3.20. The van der Waals surface area contributed by atoms with Gasteiger partial charge in [-0.25, -0.2) is 4.98 Å². The first-order valence-electron chi connectivity index (χ1n) is 10.6. The van der Waals surface area contributed by atoms with Gasteiger partial charge in [0, 0.05) is 25.9 Å². The Hall–Kier alpha value is -3.71. The summed E-state index contributed by atoms with van der Waals surface area (Å²) >= 11 is 0. The monoisotopic (exact) mass is 450 g/mol. The Bertz CT molecular complexity index is 1410. The van der Waals surface area contributed by atoms with E-state index >= 15 is 0 Å². The minimum absolute atomic E-state index is 0.109. The standard InChI is InChI=1S/C20H22N10O3/c1-9(31)20-4-11(20)14(15(32)16(20)33)29-8-22-13-17(21-2)24-19(25-18(13)29)30-7-12(26-27-30)10-5-23-28(3)6-10/h5-8,11,14-16,32-33H,4H2,1-3H3,(H,21,24,25)/t11?,14-,15+,16?,20-/m1/s1. The predicted molar refractivity (Wildman–Crippen MR) is 114 cm³/mol. The van der Waals surface area contributed by atoms with Crippen LogP contribution in [-0.4, -0.2) is 79.5 Å². The number of nitrogens with zero attached hydrogens (tertiary/aromatic N) is 9. The molecule has 0 amide bonds. The lowest BCUT2D eigenvalue weighted by Crippen LogP contribution is -2.36. The molecule has 2 unspecified atom stereocenters. The number of rotatable bonds is 5. The van der Waals surface area contributed by atoms with E-state index < -0.39 is 23.7 Å². The second-order valence-electron chi connectivity index (χ2n) is 8.73. The first-order valence-corrected chi connectivity index (χ1v) is 10.6. The highest BCUT2D eigenvalue weighted by Crippen LogP contribution is 2.68. The molecule has 0 radical (unpaired) electrons. The third-order valence-corrected chi connectivity index (χ3v) is 6.99. The van der Waals surface area contributed by atoms with Gasteiger partial charge in [0.25, 0.3) is 5.95 Å². The number of aryl methyl sites for hydroxylation is 1. The van der Waals surface area contributed by atoms with Crippen LogP contribution in [0, 0.1) is 11.3 Å². The van der Waals surface area contributed by atoms with Gasteiger partial charge in [-0.2, -0.15) is 19.7 Å². The molecule has 0 spiro atoms. The van der Waals surface area contributed by atoms with Crippen LogP contribution in [0.4, 0.5) is 5.82 Å². The number of Topliss-reactive ketones (excluding diaryl/α,β-unsaturated/α-hetero) is 1. The van der Waals surface area contributed by atoms with Gasteiger partial charge in [-0.05, 0) is 19.3 Å². The number of nitrogens with one attached hydrogen (secondary N) is 1. The van der Waals surface area contributed by atoms with Crippen LogP contribution in [0.25, 0.3) is 28.4 Å². The van der Waals surface area contributed by atoms with Crippen LogP contribution in [-0.2, 0) is 11.8 Å². The van der Waals surface area contributed by atoms with Crippen LogP contribution in [0.5, 0.6) is 0 Å². The highest BCUT2D eigenvalue weighted by Gasteiger charge is 2.74. The van der Waals surface area contributed by atoms with E-state index in [2.05, 4.69) is 35.7 Å². The van der Waals surface area contributed by atoms with Gasteiger partial charge in [-0.1, -0.05) is 5.21 Å². The summed E-state index contributed by atoms with van der Waals surface area (Å²) in [7, 11) is 3.54. The molecule has 4 aromatic rings. The molecule has 2 aliphatic carbocycles. The number of carbonyl (C=O) groups is 1. The number of ketones is 1. The smallest absolute Gasteiger partial charge is 0.256 e. The van der Waals surface area contributed by atoms with Crippen molar-refractivity contribution >= 4 is 22.8 Å². The van der Waals surface area contributed by atoms with Gasteiger partial charge in [0.15, 0.2) is 17.0 Å². The van der Waals surface area contributed by atoms with Gasteiger partial charge in [0.2, 0.25) is 0 Å². The number of carbonyl (C=O) groups excluding carboxylic acids is 1. The lowest BCUT2D eigenvalue weighted by molar-refractivity contribution is -0.128. The molecule has 2 saturated carbocycles. The summed E-state index contributed by atoms with van der Waals surface area (Å²) in [5, 5.41) is 37.0. The fourth-order valence-electron chi connectivity index (χ4n) is 5.22. The molecular formula is C20H22N10O3. The van der Waals surface area contributed by atoms with E-state index in [0.29, 0.717) is 29.1 Å².